The van der Waals surface area contributed by atoms with Crippen molar-refractivity contribution in [2.45, 2.75) is 31.8 Å². The van der Waals surface area contributed by atoms with Crippen LogP contribution in [0.1, 0.15) is 30.2 Å². The van der Waals surface area contributed by atoms with Gasteiger partial charge in [-0.15, -0.1) is 10.2 Å². The first-order chi connectivity index (χ1) is 17.0. The third-order valence-electron chi connectivity index (χ3n) is 6.39. The van der Waals surface area contributed by atoms with E-state index in [1.54, 1.807) is 14.0 Å². The number of likely N-dealkylation sites (tertiary alicyclic amines) is 1. The van der Waals surface area contributed by atoms with Gasteiger partial charge in [-0.2, -0.15) is 0 Å². The van der Waals surface area contributed by atoms with Crippen molar-refractivity contribution in [3.8, 4) is 23.1 Å². The van der Waals surface area contributed by atoms with Crippen LogP contribution in [-0.4, -0.2) is 59.7 Å². The molecule has 0 aliphatic carbocycles. The highest BCUT2D eigenvalue weighted by Gasteiger charge is 2.23. The highest BCUT2D eigenvalue weighted by atomic mass is 35.5. The number of aliphatic hydroxyl groups excluding tert-OH is 1. The van der Waals surface area contributed by atoms with Gasteiger partial charge in [-0.05, 0) is 61.7 Å². The molecule has 184 valence electrons. The summed E-state index contributed by atoms with van der Waals surface area (Å²) in [4.78, 5) is 2.28. The summed E-state index contributed by atoms with van der Waals surface area (Å²) >= 11 is 6.16. The number of aryl methyl sites for hydroxylation is 1. The normalized spacial score (nSPS) is 16.0. The molecule has 1 atom stereocenters. The zero-order chi connectivity index (χ0) is 24.4. The van der Waals surface area contributed by atoms with Crippen LogP contribution in [0.5, 0.6) is 11.5 Å². The molecule has 0 bridgehead atoms. The van der Waals surface area contributed by atoms with E-state index in [0.717, 1.165) is 31.3 Å². The van der Waals surface area contributed by atoms with E-state index in [1.807, 2.05) is 36.4 Å². The molecule has 0 radical (unpaired) electrons. The summed E-state index contributed by atoms with van der Waals surface area (Å²) in [6.07, 6.45) is 1.43. The zero-order valence-corrected chi connectivity index (χ0v) is 20.5. The van der Waals surface area contributed by atoms with Gasteiger partial charge in [0.1, 0.15) is 29.8 Å². The Balaban J connectivity index is 1.15. The van der Waals surface area contributed by atoms with Crippen LogP contribution >= 0.6 is 11.6 Å². The molecule has 35 heavy (non-hydrogen) atoms. The van der Waals surface area contributed by atoms with Gasteiger partial charge in [-0.25, -0.2) is 0 Å². The summed E-state index contributed by atoms with van der Waals surface area (Å²) in [6.45, 7) is 4.30. The lowest BCUT2D eigenvalue weighted by Crippen LogP contribution is -2.40. The van der Waals surface area contributed by atoms with E-state index in [1.165, 1.54) is 5.56 Å². The molecule has 1 fully saturated rings. The molecule has 8 nitrogen and oxygen atoms in total. The molecule has 2 aromatic heterocycles. The lowest BCUT2D eigenvalue weighted by Gasteiger charge is -2.33. The number of methoxy groups -OCH3 is 1. The number of hydrogen-bond acceptors (Lipinski definition) is 8. The molecular weight excluding hydrogens is 470 g/mol. The van der Waals surface area contributed by atoms with Crippen LogP contribution in [0.3, 0.4) is 0 Å². The quantitative estimate of drug-likeness (QED) is 0.360. The van der Waals surface area contributed by atoms with E-state index >= 15 is 0 Å². The second-order valence-corrected chi connectivity index (χ2v) is 9.25. The molecule has 1 aliphatic rings. The number of benzene rings is 2. The lowest BCUT2D eigenvalue weighted by atomic mass is 9.89. The highest BCUT2D eigenvalue weighted by Crippen LogP contribution is 2.34. The number of fused-ring (bicyclic) bond motifs is 1. The SMILES string of the molecule is COc1cc(C2CCN(C[C@H](O)COc3cccc4oc(-c5nnc(C)o5)cc34)CC2)ccc1Cl. The van der Waals surface area contributed by atoms with Crippen molar-refractivity contribution in [1.82, 2.24) is 15.1 Å². The molecule has 0 spiro atoms. The minimum Gasteiger partial charge on any atom is -0.495 e. The average Bonchev–Trinajstić information content (AvgIpc) is 3.50. The third-order valence-corrected chi connectivity index (χ3v) is 6.70. The van der Waals surface area contributed by atoms with Crippen LogP contribution in [0.15, 0.2) is 51.3 Å². The highest BCUT2D eigenvalue weighted by molar-refractivity contribution is 6.32. The smallest absolute Gasteiger partial charge is 0.283 e. The van der Waals surface area contributed by atoms with Crippen LogP contribution in [0, 0.1) is 6.92 Å². The number of aliphatic hydroxyl groups is 1. The van der Waals surface area contributed by atoms with Gasteiger partial charge in [0.25, 0.3) is 5.89 Å². The van der Waals surface area contributed by atoms with Crippen molar-refractivity contribution >= 4 is 22.6 Å². The van der Waals surface area contributed by atoms with Crippen LogP contribution < -0.4 is 9.47 Å². The standard InChI is InChI=1S/C26H28ClN3O5/c1-16-28-29-26(34-16)25-13-20-22(4-3-5-23(20)35-25)33-15-19(31)14-30-10-8-17(9-11-30)18-6-7-21(27)24(12-18)32-2/h3-7,12-13,17,19,31H,8-11,14-15H2,1-2H3/t19-/m0/s1. The van der Waals surface area contributed by atoms with E-state index < -0.39 is 6.10 Å². The summed E-state index contributed by atoms with van der Waals surface area (Å²) in [5.74, 6) is 3.09. The third kappa shape index (κ3) is 5.29. The maximum absolute atomic E-state index is 10.6. The first-order valence-corrected chi connectivity index (χ1v) is 12.1. The molecule has 4 aromatic rings. The molecule has 0 unspecified atom stereocenters. The van der Waals surface area contributed by atoms with Crippen molar-refractivity contribution in [2.24, 2.45) is 0 Å². The molecule has 1 N–H and O–H groups in total. The van der Waals surface area contributed by atoms with E-state index in [4.69, 9.17) is 29.9 Å². The van der Waals surface area contributed by atoms with Gasteiger partial charge in [0, 0.05) is 19.5 Å². The van der Waals surface area contributed by atoms with Gasteiger partial charge in [0.2, 0.25) is 5.89 Å². The van der Waals surface area contributed by atoms with Gasteiger partial charge in [-0.3, -0.25) is 0 Å². The van der Waals surface area contributed by atoms with Gasteiger partial charge in [0.05, 0.1) is 17.5 Å². The maximum Gasteiger partial charge on any atom is 0.283 e. The van der Waals surface area contributed by atoms with Gasteiger partial charge < -0.3 is 28.3 Å². The van der Waals surface area contributed by atoms with E-state index in [-0.39, 0.29) is 6.61 Å². The summed E-state index contributed by atoms with van der Waals surface area (Å²) < 4.78 is 22.6. The van der Waals surface area contributed by atoms with E-state index in [9.17, 15) is 5.11 Å². The van der Waals surface area contributed by atoms with E-state index in [0.29, 0.717) is 52.1 Å². The fourth-order valence-electron chi connectivity index (χ4n) is 4.58. The molecule has 9 heteroatoms. The number of nitrogens with zero attached hydrogens (tertiary/aromatic N) is 3. The first-order valence-electron chi connectivity index (χ1n) is 11.7. The predicted molar refractivity (Wildman–Crippen MR) is 132 cm³/mol. The number of rotatable bonds is 8. The van der Waals surface area contributed by atoms with Crippen LogP contribution in [0.2, 0.25) is 5.02 Å². The molecule has 1 aliphatic heterocycles. The predicted octanol–water partition coefficient (Wildman–Crippen LogP) is 5.07. The second kappa shape index (κ2) is 10.3. The molecule has 1 saturated heterocycles. The monoisotopic (exact) mass is 497 g/mol. The number of hydrogen-bond donors (Lipinski definition) is 1. The Morgan fingerprint density at radius 1 is 1.11 bits per heavy atom. The topological polar surface area (TPSA) is 94.0 Å². The maximum atomic E-state index is 10.6. The van der Waals surface area contributed by atoms with E-state index in [2.05, 4.69) is 21.2 Å². The van der Waals surface area contributed by atoms with Crippen LogP contribution in [0.25, 0.3) is 22.6 Å². The van der Waals surface area contributed by atoms with Crippen molar-refractivity contribution < 1.29 is 23.4 Å². The zero-order valence-electron chi connectivity index (χ0n) is 19.7. The average molecular weight is 498 g/mol. The Morgan fingerprint density at radius 2 is 1.94 bits per heavy atom. The number of ether oxygens (including phenoxy) is 2. The van der Waals surface area contributed by atoms with Crippen LogP contribution in [0.4, 0.5) is 0 Å². The van der Waals surface area contributed by atoms with Crippen molar-refractivity contribution in [1.29, 1.82) is 0 Å². The van der Waals surface area contributed by atoms with Gasteiger partial charge in [0.15, 0.2) is 5.76 Å². The van der Waals surface area contributed by atoms with Crippen molar-refractivity contribution in [3.63, 3.8) is 0 Å². The number of β-amino-alcohol motifs (C(OH)–C–C–N with tert-alkyl or cyclic N) is 1. The molecule has 5 rings (SSSR count). The molecular formula is C26H28ClN3O5. The van der Waals surface area contributed by atoms with Crippen molar-refractivity contribution in [3.05, 3.63) is 58.9 Å². The largest absolute Gasteiger partial charge is 0.495 e. The fourth-order valence-corrected chi connectivity index (χ4v) is 4.77. The Bertz CT molecular complexity index is 1300. The van der Waals surface area contributed by atoms with Crippen LogP contribution in [-0.2, 0) is 0 Å². The Hall–Kier alpha value is -3.07. The Kier molecular flexibility index (Phi) is 6.95. The summed E-state index contributed by atoms with van der Waals surface area (Å²) in [6, 6.07) is 13.4. The fraction of sp³-hybridized carbons (Fsp3) is 0.385. The minimum atomic E-state index is -0.609. The molecule has 3 heterocycles. The summed E-state index contributed by atoms with van der Waals surface area (Å²) in [5.41, 5.74) is 1.90. The van der Waals surface area contributed by atoms with Gasteiger partial charge in [-0.1, -0.05) is 23.7 Å². The second-order valence-electron chi connectivity index (χ2n) is 8.84. The first kappa shape index (κ1) is 23.7. The number of halogens is 1. The lowest BCUT2D eigenvalue weighted by molar-refractivity contribution is 0.0599. The summed E-state index contributed by atoms with van der Waals surface area (Å²) in [5, 5.41) is 19.9. The number of piperidine rings is 1. The summed E-state index contributed by atoms with van der Waals surface area (Å²) in [7, 11) is 1.64. The Morgan fingerprint density at radius 3 is 2.69 bits per heavy atom. The molecule has 0 amide bonds. The minimum absolute atomic E-state index is 0.188. The van der Waals surface area contributed by atoms with Gasteiger partial charge >= 0.3 is 0 Å². The Labute approximate surface area is 208 Å². The number of furan rings is 1. The molecule has 0 saturated carbocycles. The molecule has 2 aromatic carbocycles. The van der Waals surface area contributed by atoms with Crippen molar-refractivity contribution in [2.75, 3.05) is 33.4 Å². The number of aromatic nitrogens is 2.